The fourth-order valence-electron chi connectivity index (χ4n) is 1.44. The molecule has 0 aromatic rings. The van der Waals surface area contributed by atoms with Gasteiger partial charge in [0, 0.05) is 24.9 Å². The van der Waals surface area contributed by atoms with Crippen LogP contribution in [0.4, 0.5) is 0 Å². The molecule has 1 saturated heterocycles. The van der Waals surface area contributed by atoms with Gasteiger partial charge in [-0.15, -0.1) is 0 Å². The monoisotopic (exact) mass is 271 g/mol. The number of carbonyl (C=O) groups excluding carboxylic acids is 1. The average molecular weight is 271 g/mol. The lowest BCUT2D eigenvalue weighted by molar-refractivity contribution is -0.130. The highest BCUT2D eigenvalue weighted by atomic mass is 32.2. The Morgan fingerprint density at radius 3 is 2.33 bits per heavy atom. The first-order chi connectivity index (χ1) is 8.36. The first-order valence-corrected chi connectivity index (χ1v) is 7.35. The number of amides is 1. The van der Waals surface area contributed by atoms with Crippen LogP contribution >= 0.6 is 0 Å². The summed E-state index contributed by atoms with van der Waals surface area (Å²) in [5.41, 5.74) is 0.229. The maximum Gasteiger partial charge on any atom is 0.254 e. The molecule has 1 fully saturated rings. The topological polar surface area (TPSA) is 63.7 Å². The predicted octanol–water partition coefficient (Wildman–Crippen LogP) is 0.516. The van der Waals surface area contributed by atoms with Crippen LogP contribution in [-0.4, -0.2) is 51.8 Å². The van der Waals surface area contributed by atoms with Gasteiger partial charge in [0.2, 0.25) is 0 Å². The Labute approximate surface area is 107 Å². The van der Waals surface area contributed by atoms with Crippen molar-refractivity contribution in [3.8, 4) is 0 Å². The van der Waals surface area contributed by atoms with E-state index in [-0.39, 0.29) is 16.4 Å². The Morgan fingerprint density at radius 2 is 1.89 bits per heavy atom. The number of sulfone groups is 1. The molecule has 1 aliphatic rings. The zero-order valence-electron chi connectivity index (χ0n) is 10.4. The van der Waals surface area contributed by atoms with E-state index in [4.69, 9.17) is 4.74 Å². The van der Waals surface area contributed by atoms with Crippen LogP contribution < -0.4 is 0 Å². The van der Waals surface area contributed by atoms with E-state index in [1.807, 2.05) is 0 Å². The van der Waals surface area contributed by atoms with Crippen LogP contribution in [0.15, 0.2) is 35.8 Å². The van der Waals surface area contributed by atoms with Gasteiger partial charge in [0.25, 0.3) is 5.91 Å². The largest absolute Gasteiger partial charge is 0.378 e. The molecule has 1 aliphatic heterocycles. The lowest BCUT2D eigenvalue weighted by Gasteiger charge is -2.27. The van der Waals surface area contributed by atoms with Gasteiger partial charge in [-0.2, -0.15) is 0 Å². The van der Waals surface area contributed by atoms with Gasteiger partial charge >= 0.3 is 0 Å². The Balaban J connectivity index is 2.89. The molecule has 18 heavy (non-hydrogen) atoms. The number of ether oxygens (including phenoxy) is 1. The smallest absolute Gasteiger partial charge is 0.254 e. The van der Waals surface area contributed by atoms with Crippen LogP contribution in [-0.2, 0) is 19.4 Å². The van der Waals surface area contributed by atoms with Crippen LogP contribution in [0.3, 0.4) is 0 Å². The van der Waals surface area contributed by atoms with Gasteiger partial charge < -0.3 is 9.64 Å². The van der Waals surface area contributed by atoms with Crippen molar-refractivity contribution >= 4 is 15.7 Å². The molecular weight excluding hydrogens is 254 g/mol. The molecule has 0 unspecified atom stereocenters. The number of morpholine rings is 1. The average Bonchev–Trinajstić information content (AvgIpc) is 2.34. The minimum absolute atomic E-state index is 0.0981. The predicted molar refractivity (Wildman–Crippen MR) is 69.7 cm³/mol. The van der Waals surface area contributed by atoms with Crippen molar-refractivity contribution in [3.05, 3.63) is 35.8 Å². The number of hydrogen-bond donors (Lipinski definition) is 0. The molecular formula is C12H17NO4S. The van der Waals surface area contributed by atoms with Crippen LogP contribution in [0.2, 0.25) is 0 Å². The maximum atomic E-state index is 12.1. The minimum atomic E-state index is -3.39. The van der Waals surface area contributed by atoms with Crippen LogP contribution in [0.25, 0.3) is 0 Å². The molecule has 0 atom stereocenters. The number of hydrogen-bond acceptors (Lipinski definition) is 4. The molecule has 0 radical (unpaired) electrons. The Kier molecular flexibility index (Phi) is 4.86. The van der Waals surface area contributed by atoms with Crippen molar-refractivity contribution in [3.63, 3.8) is 0 Å². The van der Waals surface area contributed by atoms with Crippen LogP contribution in [0, 0.1) is 0 Å². The molecule has 0 aromatic carbocycles. The highest BCUT2D eigenvalue weighted by Crippen LogP contribution is 2.12. The van der Waals surface area contributed by atoms with Crippen LogP contribution in [0.5, 0.6) is 0 Å². The summed E-state index contributed by atoms with van der Waals surface area (Å²) in [6.45, 7) is 8.93. The molecule has 5 nitrogen and oxygen atoms in total. The molecule has 6 heteroatoms. The lowest BCUT2D eigenvalue weighted by Crippen LogP contribution is -2.41. The van der Waals surface area contributed by atoms with E-state index in [9.17, 15) is 13.2 Å². The molecule has 0 N–H and O–H groups in total. The highest BCUT2D eigenvalue weighted by molar-refractivity contribution is 7.94. The van der Waals surface area contributed by atoms with E-state index >= 15 is 0 Å². The SMILES string of the molecule is C=C/C(=C\C(=C)S(C)(=O)=O)C(=O)N1CCOCC1. The van der Waals surface area contributed by atoms with E-state index in [0.29, 0.717) is 26.3 Å². The fraction of sp³-hybridized carbons (Fsp3) is 0.417. The molecule has 1 rings (SSSR count). The zero-order valence-corrected chi connectivity index (χ0v) is 11.2. The molecule has 0 aliphatic carbocycles. The quantitative estimate of drug-likeness (QED) is 0.552. The van der Waals surface area contributed by atoms with Crippen molar-refractivity contribution in [2.45, 2.75) is 0 Å². The van der Waals surface area contributed by atoms with E-state index in [2.05, 4.69) is 13.2 Å². The van der Waals surface area contributed by atoms with Gasteiger partial charge in [0.1, 0.15) is 0 Å². The van der Waals surface area contributed by atoms with Gasteiger partial charge in [0.05, 0.1) is 18.1 Å². The summed E-state index contributed by atoms with van der Waals surface area (Å²) in [6, 6.07) is 0. The van der Waals surface area contributed by atoms with Crippen molar-refractivity contribution < 1.29 is 17.9 Å². The number of rotatable bonds is 4. The first kappa shape index (κ1) is 14.7. The zero-order chi connectivity index (χ0) is 13.8. The number of allylic oxidation sites excluding steroid dienone is 1. The van der Waals surface area contributed by atoms with Crippen molar-refractivity contribution in [2.24, 2.45) is 0 Å². The van der Waals surface area contributed by atoms with E-state index in [0.717, 1.165) is 6.26 Å². The Bertz CT molecular complexity index is 484. The fourth-order valence-corrected chi connectivity index (χ4v) is 1.78. The van der Waals surface area contributed by atoms with Gasteiger partial charge in [-0.25, -0.2) is 8.42 Å². The van der Waals surface area contributed by atoms with Gasteiger partial charge in [-0.3, -0.25) is 4.79 Å². The second-order valence-electron chi connectivity index (χ2n) is 3.95. The summed E-state index contributed by atoms with van der Waals surface area (Å²) in [6.07, 6.45) is 3.64. The van der Waals surface area contributed by atoms with Crippen molar-refractivity contribution in [2.75, 3.05) is 32.6 Å². The third-order valence-corrected chi connectivity index (χ3v) is 3.63. The molecule has 1 amide bonds. The van der Waals surface area contributed by atoms with E-state index in [1.54, 1.807) is 4.90 Å². The molecule has 0 aromatic heterocycles. The van der Waals surface area contributed by atoms with Crippen molar-refractivity contribution in [1.29, 1.82) is 0 Å². The molecule has 100 valence electrons. The Morgan fingerprint density at radius 1 is 1.33 bits per heavy atom. The lowest BCUT2D eigenvalue weighted by atomic mass is 10.2. The second kappa shape index (κ2) is 5.97. The summed E-state index contributed by atoms with van der Waals surface area (Å²) >= 11 is 0. The third-order valence-electron chi connectivity index (χ3n) is 2.56. The second-order valence-corrected chi connectivity index (χ2v) is 6.02. The maximum absolute atomic E-state index is 12.1. The van der Waals surface area contributed by atoms with Gasteiger partial charge in [-0.1, -0.05) is 19.2 Å². The van der Waals surface area contributed by atoms with E-state index in [1.165, 1.54) is 12.2 Å². The highest BCUT2D eigenvalue weighted by Gasteiger charge is 2.19. The summed E-state index contributed by atoms with van der Waals surface area (Å²) in [5, 5.41) is 0. The van der Waals surface area contributed by atoms with Gasteiger partial charge in [0.15, 0.2) is 9.84 Å². The normalized spacial score (nSPS) is 17.4. The van der Waals surface area contributed by atoms with Gasteiger partial charge in [-0.05, 0) is 6.08 Å². The summed E-state index contributed by atoms with van der Waals surface area (Å²) < 4.78 is 27.7. The summed E-state index contributed by atoms with van der Waals surface area (Å²) in [7, 11) is -3.39. The molecule has 0 saturated carbocycles. The number of nitrogens with zero attached hydrogens (tertiary/aromatic N) is 1. The van der Waals surface area contributed by atoms with Crippen LogP contribution in [0.1, 0.15) is 0 Å². The van der Waals surface area contributed by atoms with Crippen molar-refractivity contribution in [1.82, 2.24) is 4.90 Å². The molecule has 0 bridgehead atoms. The molecule has 1 heterocycles. The standard InChI is InChI=1S/C12H17NO4S/c1-4-11(9-10(2)18(3,15)16)12(14)13-5-7-17-8-6-13/h4,9H,1-2,5-8H2,3H3/b11-9+. The van der Waals surface area contributed by atoms with E-state index < -0.39 is 9.84 Å². The number of carbonyl (C=O) groups is 1. The minimum Gasteiger partial charge on any atom is -0.378 e. The molecule has 0 spiro atoms. The Hall–Kier alpha value is -1.40. The summed E-state index contributed by atoms with van der Waals surface area (Å²) in [4.78, 5) is 13.6. The summed E-state index contributed by atoms with van der Waals surface area (Å²) in [5.74, 6) is -0.252. The first-order valence-electron chi connectivity index (χ1n) is 5.46. The third kappa shape index (κ3) is 3.82.